The first-order valence-corrected chi connectivity index (χ1v) is 8.99. The maximum Gasteiger partial charge on any atom is 0.265 e. The van der Waals surface area contributed by atoms with Crippen molar-refractivity contribution in [3.8, 4) is 0 Å². The van der Waals surface area contributed by atoms with E-state index in [4.69, 9.17) is 0 Å². The van der Waals surface area contributed by atoms with Crippen molar-refractivity contribution in [2.24, 2.45) is 0 Å². The monoisotopic (exact) mass is 339 g/mol. The molecule has 8 heteroatoms. The van der Waals surface area contributed by atoms with Crippen molar-refractivity contribution in [1.29, 1.82) is 0 Å². The van der Waals surface area contributed by atoms with Crippen molar-refractivity contribution in [2.45, 2.75) is 12.7 Å². The largest absolute Gasteiger partial charge is 0.344 e. The predicted molar refractivity (Wildman–Crippen MR) is 87.6 cm³/mol. The lowest BCUT2D eigenvalue weighted by atomic mass is 10.2. The van der Waals surface area contributed by atoms with Crippen LogP contribution in [0.5, 0.6) is 0 Å². The van der Waals surface area contributed by atoms with Crippen LogP contribution in [0.1, 0.15) is 20.9 Å². The Balaban J connectivity index is 2.17. The van der Waals surface area contributed by atoms with Gasteiger partial charge in [0.15, 0.2) is 5.13 Å². The van der Waals surface area contributed by atoms with Crippen LogP contribution < -0.4 is 4.72 Å². The lowest BCUT2D eigenvalue weighted by molar-refractivity contribution is 0.0831. The first kappa shape index (κ1) is 16.4. The lowest BCUT2D eigenvalue weighted by Crippen LogP contribution is -2.21. The Kier molecular flexibility index (Phi) is 4.82. The molecule has 1 amide bonds. The molecule has 0 fully saturated rings. The maximum atomic E-state index is 12.2. The molecular formula is C14H17N3O3S2. The molecule has 0 aliphatic heterocycles. The summed E-state index contributed by atoms with van der Waals surface area (Å²) in [5, 5.41) is 0.207. The SMILES string of the molecule is Cc1nc(NS(=O)(=O)Cc2ccccc2)sc1C(=O)N(C)C. The highest BCUT2D eigenvalue weighted by atomic mass is 32.2. The number of aryl methyl sites for hydroxylation is 1. The van der Waals surface area contributed by atoms with Gasteiger partial charge in [0.1, 0.15) is 4.88 Å². The summed E-state index contributed by atoms with van der Waals surface area (Å²) in [5.41, 5.74) is 1.20. The van der Waals surface area contributed by atoms with Gasteiger partial charge in [0.2, 0.25) is 10.0 Å². The third-order valence-corrected chi connectivity index (χ3v) is 5.25. The number of rotatable bonds is 5. The van der Waals surface area contributed by atoms with Crippen LogP contribution in [0.25, 0.3) is 0 Å². The third kappa shape index (κ3) is 4.05. The van der Waals surface area contributed by atoms with Crippen LogP contribution in [0.15, 0.2) is 30.3 Å². The van der Waals surface area contributed by atoms with Gasteiger partial charge in [-0.3, -0.25) is 9.52 Å². The van der Waals surface area contributed by atoms with Crippen LogP contribution in [0, 0.1) is 6.92 Å². The summed E-state index contributed by atoms with van der Waals surface area (Å²) in [4.78, 5) is 17.9. The van der Waals surface area contributed by atoms with E-state index in [-0.39, 0.29) is 16.8 Å². The molecule has 22 heavy (non-hydrogen) atoms. The first-order valence-electron chi connectivity index (χ1n) is 6.52. The summed E-state index contributed by atoms with van der Waals surface area (Å²) in [5.74, 6) is -0.327. The molecule has 0 saturated carbocycles. The van der Waals surface area contributed by atoms with Crippen LogP contribution in [-0.4, -0.2) is 38.3 Å². The minimum absolute atomic E-state index is 0.135. The number of sulfonamides is 1. The molecule has 0 spiro atoms. The van der Waals surface area contributed by atoms with E-state index in [9.17, 15) is 13.2 Å². The number of aromatic nitrogens is 1. The van der Waals surface area contributed by atoms with E-state index in [0.29, 0.717) is 16.1 Å². The van der Waals surface area contributed by atoms with E-state index in [1.807, 2.05) is 6.07 Å². The highest BCUT2D eigenvalue weighted by molar-refractivity contribution is 7.92. The second-order valence-corrected chi connectivity index (χ2v) is 7.70. The summed E-state index contributed by atoms with van der Waals surface area (Å²) in [6.07, 6.45) is 0. The van der Waals surface area contributed by atoms with Gasteiger partial charge in [-0.05, 0) is 12.5 Å². The number of anilines is 1. The van der Waals surface area contributed by atoms with Gasteiger partial charge >= 0.3 is 0 Å². The zero-order valence-corrected chi connectivity index (χ0v) is 14.2. The number of hydrogen-bond acceptors (Lipinski definition) is 5. The van der Waals surface area contributed by atoms with E-state index in [1.165, 1.54) is 4.90 Å². The fourth-order valence-corrected chi connectivity index (χ4v) is 4.21. The van der Waals surface area contributed by atoms with Crippen molar-refractivity contribution in [3.05, 3.63) is 46.5 Å². The molecule has 0 bridgehead atoms. The van der Waals surface area contributed by atoms with Crippen molar-refractivity contribution < 1.29 is 13.2 Å². The molecule has 1 aromatic carbocycles. The Labute approximate surface area is 133 Å². The molecule has 0 atom stereocenters. The summed E-state index contributed by atoms with van der Waals surface area (Å²) in [6.45, 7) is 1.68. The van der Waals surface area contributed by atoms with Gasteiger partial charge in [0, 0.05) is 14.1 Å². The minimum atomic E-state index is -3.56. The Morgan fingerprint density at radius 3 is 2.50 bits per heavy atom. The Hall–Kier alpha value is -1.93. The van der Waals surface area contributed by atoms with Crippen LogP contribution in [-0.2, 0) is 15.8 Å². The lowest BCUT2D eigenvalue weighted by Gasteiger charge is -2.07. The van der Waals surface area contributed by atoms with Crippen molar-refractivity contribution in [2.75, 3.05) is 18.8 Å². The average Bonchev–Trinajstić information content (AvgIpc) is 2.78. The fraction of sp³-hybridized carbons (Fsp3) is 0.286. The summed E-state index contributed by atoms with van der Waals surface area (Å²) in [6, 6.07) is 8.88. The van der Waals surface area contributed by atoms with E-state index >= 15 is 0 Å². The number of nitrogens with one attached hydrogen (secondary N) is 1. The van der Waals surface area contributed by atoms with Gasteiger partial charge in [0.25, 0.3) is 5.91 Å². The molecule has 1 heterocycles. The maximum absolute atomic E-state index is 12.2. The average molecular weight is 339 g/mol. The second-order valence-electron chi connectivity index (χ2n) is 4.98. The number of carbonyl (C=O) groups excluding carboxylic acids is 1. The third-order valence-electron chi connectivity index (χ3n) is 2.84. The highest BCUT2D eigenvalue weighted by Crippen LogP contribution is 2.25. The molecule has 1 N–H and O–H groups in total. The Morgan fingerprint density at radius 1 is 1.27 bits per heavy atom. The fourth-order valence-electron chi connectivity index (χ4n) is 1.80. The first-order chi connectivity index (χ1) is 10.3. The minimum Gasteiger partial charge on any atom is -0.344 e. The highest BCUT2D eigenvalue weighted by Gasteiger charge is 2.20. The molecule has 118 valence electrons. The topological polar surface area (TPSA) is 79.4 Å². The van der Waals surface area contributed by atoms with Crippen LogP contribution in [0.4, 0.5) is 5.13 Å². The quantitative estimate of drug-likeness (QED) is 0.905. The van der Waals surface area contributed by atoms with Crippen LogP contribution >= 0.6 is 11.3 Å². The van der Waals surface area contributed by atoms with Crippen molar-refractivity contribution in [1.82, 2.24) is 9.88 Å². The molecule has 2 aromatic rings. The number of benzene rings is 1. The summed E-state index contributed by atoms with van der Waals surface area (Å²) < 4.78 is 26.7. The van der Waals surface area contributed by atoms with Gasteiger partial charge in [-0.15, -0.1) is 0 Å². The Morgan fingerprint density at radius 2 is 1.91 bits per heavy atom. The number of nitrogens with zero attached hydrogens (tertiary/aromatic N) is 2. The zero-order chi connectivity index (χ0) is 16.3. The van der Waals surface area contributed by atoms with Crippen molar-refractivity contribution in [3.63, 3.8) is 0 Å². The molecule has 1 aromatic heterocycles. The normalized spacial score (nSPS) is 11.2. The predicted octanol–water partition coefficient (Wildman–Crippen LogP) is 2.10. The molecule has 6 nitrogen and oxygen atoms in total. The number of thiazole rings is 1. The molecule has 0 radical (unpaired) electrons. The molecule has 0 saturated heterocycles. The van der Waals surface area contributed by atoms with Gasteiger partial charge in [-0.25, -0.2) is 13.4 Å². The number of hydrogen-bond donors (Lipinski definition) is 1. The molecule has 0 aliphatic rings. The standard InChI is InChI=1S/C14H17N3O3S2/c1-10-12(13(18)17(2)3)21-14(15-10)16-22(19,20)9-11-7-5-4-6-8-11/h4-8H,9H2,1-3H3,(H,15,16). The van der Waals surface area contributed by atoms with E-state index in [0.717, 1.165) is 11.3 Å². The Bertz CT molecular complexity index is 768. The molecule has 0 unspecified atom stereocenters. The van der Waals surface area contributed by atoms with E-state index in [1.54, 1.807) is 45.3 Å². The molecule has 2 rings (SSSR count). The van der Waals surface area contributed by atoms with E-state index in [2.05, 4.69) is 9.71 Å². The van der Waals surface area contributed by atoms with E-state index < -0.39 is 10.0 Å². The number of amides is 1. The number of carbonyl (C=O) groups is 1. The second kappa shape index (κ2) is 6.45. The molecular weight excluding hydrogens is 322 g/mol. The smallest absolute Gasteiger partial charge is 0.265 e. The van der Waals surface area contributed by atoms with Gasteiger partial charge in [0.05, 0.1) is 11.4 Å². The van der Waals surface area contributed by atoms with Gasteiger partial charge in [-0.1, -0.05) is 41.7 Å². The van der Waals surface area contributed by atoms with Gasteiger partial charge < -0.3 is 4.90 Å². The summed E-state index contributed by atoms with van der Waals surface area (Å²) >= 11 is 1.04. The van der Waals surface area contributed by atoms with Crippen molar-refractivity contribution >= 4 is 32.4 Å². The van der Waals surface area contributed by atoms with Gasteiger partial charge in [-0.2, -0.15) is 0 Å². The summed E-state index contributed by atoms with van der Waals surface area (Å²) in [7, 11) is -0.285. The van der Waals surface area contributed by atoms with Crippen LogP contribution in [0.3, 0.4) is 0 Å². The molecule has 0 aliphatic carbocycles. The zero-order valence-electron chi connectivity index (χ0n) is 12.5. The van der Waals surface area contributed by atoms with Crippen LogP contribution in [0.2, 0.25) is 0 Å².